The van der Waals surface area contributed by atoms with E-state index in [0.29, 0.717) is 17.4 Å². The lowest BCUT2D eigenvalue weighted by molar-refractivity contribution is -0.274. The number of thioether (sulfide) groups is 1. The second-order valence-electron chi connectivity index (χ2n) is 9.14. The molecule has 0 radical (unpaired) electrons. The van der Waals surface area contributed by atoms with Gasteiger partial charge in [-0.2, -0.15) is 0 Å². The molecule has 1 aromatic carbocycles. The van der Waals surface area contributed by atoms with Gasteiger partial charge in [0.2, 0.25) is 0 Å². The molecule has 0 unspecified atom stereocenters. The second-order valence-corrected chi connectivity index (χ2v) is 10.2. The molecule has 2 aliphatic rings. The highest BCUT2D eigenvalue weighted by atomic mass is 35.5. The Hall–Kier alpha value is -2.40. The summed E-state index contributed by atoms with van der Waals surface area (Å²) < 4.78 is 42.8. The lowest BCUT2D eigenvalue weighted by atomic mass is 9.96. The number of carbonyl (C=O) groups excluding carboxylic acids is 1. The van der Waals surface area contributed by atoms with E-state index in [2.05, 4.69) is 24.3 Å². The van der Waals surface area contributed by atoms with Crippen LogP contribution in [-0.2, 0) is 11.2 Å². The molecule has 5 rings (SSSR count). The van der Waals surface area contributed by atoms with Crippen molar-refractivity contribution in [3.05, 3.63) is 64.8 Å². The van der Waals surface area contributed by atoms with E-state index >= 15 is 0 Å². The Morgan fingerprint density at radius 3 is 2.55 bits per heavy atom. The normalized spacial score (nSPS) is 15.8. The van der Waals surface area contributed by atoms with Crippen LogP contribution in [-0.4, -0.2) is 52.7 Å². The molecule has 0 spiro atoms. The van der Waals surface area contributed by atoms with Crippen LogP contribution in [0.1, 0.15) is 30.5 Å². The molecular weight excluding hydrogens is 560 g/mol. The highest BCUT2D eigenvalue weighted by Crippen LogP contribution is 2.34. The Bertz CT molecular complexity index is 1260. The molecule has 0 atom stereocenters. The zero-order valence-electron chi connectivity index (χ0n) is 20.4. The van der Waals surface area contributed by atoms with Crippen LogP contribution in [0.15, 0.2) is 58.6 Å². The molecule has 6 nitrogen and oxygen atoms in total. The maximum Gasteiger partial charge on any atom is 0.573 e. The Kier molecular flexibility index (Phi) is 10.4. The van der Waals surface area contributed by atoms with E-state index in [0.717, 1.165) is 67.2 Å². The van der Waals surface area contributed by atoms with Crippen molar-refractivity contribution in [2.75, 3.05) is 26.2 Å². The number of nitrogens with zero attached hydrogens (tertiary/aromatic N) is 3. The molecule has 2 aromatic heterocycles. The van der Waals surface area contributed by atoms with Gasteiger partial charge < -0.3 is 15.0 Å². The lowest BCUT2D eigenvalue weighted by Crippen LogP contribution is -2.39. The first-order valence-electron chi connectivity index (χ1n) is 12.1. The number of hydrogen-bond acceptors (Lipinski definition) is 5. The van der Waals surface area contributed by atoms with Crippen molar-refractivity contribution in [2.24, 2.45) is 5.92 Å². The number of hydrogen-bond donors (Lipinski definition) is 1. The molecule has 0 saturated carbocycles. The van der Waals surface area contributed by atoms with Gasteiger partial charge in [-0.1, -0.05) is 30.0 Å². The van der Waals surface area contributed by atoms with Crippen molar-refractivity contribution in [1.29, 1.82) is 0 Å². The predicted molar refractivity (Wildman–Crippen MR) is 147 cm³/mol. The molecule has 1 saturated heterocycles. The molecule has 0 bridgehead atoms. The van der Waals surface area contributed by atoms with Gasteiger partial charge in [0, 0.05) is 6.54 Å². The number of benzene rings is 1. The van der Waals surface area contributed by atoms with Crippen LogP contribution in [0.3, 0.4) is 0 Å². The standard InChI is InChI=1S/C26H27F3N4O2S.2ClH/c27-26(28,29)35-21-8-6-18(7-9-21)3-2-12-32-13-10-19(11-14-32)16-31-25(34)22-15-20-17-30-23-4-1-5-24(36-22)33(20)23;;/h1,4-9,15,17,19H,2-3,10-14,16H2,(H,31,34);2*1H. The summed E-state index contributed by atoms with van der Waals surface area (Å²) >= 11 is 1.47. The minimum Gasteiger partial charge on any atom is -0.406 e. The summed E-state index contributed by atoms with van der Waals surface area (Å²) in [6.07, 6.45) is 2.83. The number of ether oxygens (including phenoxy) is 1. The van der Waals surface area contributed by atoms with Crippen LogP contribution in [0.5, 0.6) is 5.75 Å². The van der Waals surface area contributed by atoms with Crippen LogP contribution in [0.25, 0.3) is 11.7 Å². The van der Waals surface area contributed by atoms with Crippen molar-refractivity contribution >= 4 is 54.2 Å². The predicted octanol–water partition coefficient (Wildman–Crippen LogP) is 5.98. The third-order valence-corrected chi connectivity index (χ3v) is 7.64. The van der Waals surface area contributed by atoms with Crippen LogP contribution >= 0.6 is 36.6 Å². The third kappa shape index (κ3) is 7.59. The van der Waals surface area contributed by atoms with E-state index in [9.17, 15) is 18.0 Å². The monoisotopic (exact) mass is 588 g/mol. The van der Waals surface area contributed by atoms with E-state index in [4.69, 9.17) is 0 Å². The largest absolute Gasteiger partial charge is 0.573 e. The van der Waals surface area contributed by atoms with Crippen molar-refractivity contribution in [1.82, 2.24) is 19.6 Å². The fraction of sp³-hybridized carbons (Fsp3) is 0.385. The highest BCUT2D eigenvalue weighted by molar-refractivity contribution is 8.04. The van der Waals surface area contributed by atoms with Crippen LogP contribution in [0, 0.1) is 5.92 Å². The number of aromatic nitrogens is 2. The first kappa shape index (κ1) is 30.1. The summed E-state index contributed by atoms with van der Waals surface area (Å²) in [5.41, 5.74) is 2.80. The number of pyridine rings is 1. The Labute approximate surface area is 235 Å². The van der Waals surface area contributed by atoms with Gasteiger partial charge in [-0.05, 0) is 87.1 Å². The Balaban J connectivity index is 0.00000200. The first-order valence-corrected chi connectivity index (χ1v) is 12.9. The number of likely N-dealkylation sites (tertiary alicyclic amines) is 1. The molecule has 1 amide bonds. The number of aryl methyl sites for hydroxylation is 1. The van der Waals surface area contributed by atoms with Crippen molar-refractivity contribution in [3.8, 4) is 5.75 Å². The van der Waals surface area contributed by atoms with Crippen LogP contribution in [0.2, 0.25) is 0 Å². The maximum absolute atomic E-state index is 12.8. The van der Waals surface area contributed by atoms with Crippen molar-refractivity contribution in [3.63, 3.8) is 0 Å². The number of rotatable bonds is 8. The second kappa shape index (κ2) is 13.1. The van der Waals surface area contributed by atoms with Crippen molar-refractivity contribution in [2.45, 2.75) is 37.1 Å². The molecule has 3 aromatic rings. The molecule has 0 aliphatic carbocycles. The van der Waals surface area contributed by atoms with Crippen LogP contribution in [0.4, 0.5) is 13.2 Å². The summed E-state index contributed by atoms with van der Waals surface area (Å²) in [6, 6.07) is 12.0. The Morgan fingerprint density at radius 2 is 1.84 bits per heavy atom. The molecule has 1 fully saturated rings. The summed E-state index contributed by atoms with van der Waals surface area (Å²) in [7, 11) is 0. The number of nitrogens with one attached hydrogen (secondary N) is 1. The van der Waals surface area contributed by atoms with E-state index in [-0.39, 0.29) is 36.5 Å². The summed E-state index contributed by atoms with van der Waals surface area (Å²) in [5.74, 6) is 0.218. The van der Waals surface area contributed by atoms with Gasteiger partial charge in [-0.15, -0.1) is 38.0 Å². The maximum atomic E-state index is 12.8. The van der Waals surface area contributed by atoms with Gasteiger partial charge in [0.15, 0.2) is 0 Å². The number of imidazole rings is 1. The fourth-order valence-electron chi connectivity index (χ4n) is 4.70. The van der Waals surface area contributed by atoms with E-state index < -0.39 is 6.36 Å². The van der Waals surface area contributed by atoms with E-state index in [1.807, 2.05) is 24.3 Å². The zero-order chi connectivity index (χ0) is 25.1. The van der Waals surface area contributed by atoms with Gasteiger partial charge in [0.25, 0.3) is 5.91 Å². The van der Waals surface area contributed by atoms with E-state index in [1.165, 1.54) is 23.9 Å². The minimum atomic E-state index is -4.66. The van der Waals surface area contributed by atoms with Gasteiger partial charge in [-0.25, -0.2) is 4.98 Å². The molecule has 38 heavy (non-hydrogen) atoms. The lowest BCUT2D eigenvalue weighted by Gasteiger charge is -2.32. The van der Waals surface area contributed by atoms with Crippen LogP contribution < -0.4 is 10.1 Å². The van der Waals surface area contributed by atoms with Crippen molar-refractivity contribution < 1.29 is 22.7 Å². The topological polar surface area (TPSA) is 58.9 Å². The number of alkyl halides is 3. The van der Waals surface area contributed by atoms with Gasteiger partial charge in [0.1, 0.15) is 11.4 Å². The molecule has 206 valence electrons. The Morgan fingerprint density at radius 1 is 1.11 bits per heavy atom. The van der Waals surface area contributed by atoms with E-state index in [1.54, 1.807) is 18.3 Å². The average Bonchev–Trinajstić information content (AvgIpc) is 3.28. The summed E-state index contributed by atoms with van der Waals surface area (Å²) in [6.45, 7) is 3.58. The zero-order valence-corrected chi connectivity index (χ0v) is 22.9. The SMILES string of the molecule is Cl.Cl.O=C(NCC1CCN(CCCc2ccc(OC(F)(F)F)cc2)CC1)C1=Cc2cnc3cccc(n23)S1. The average molecular weight is 590 g/mol. The smallest absolute Gasteiger partial charge is 0.406 e. The fourth-order valence-corrected chi connectivity index (χ4v) is 5.71. The summed E-state index contributed by atoms with van der Waals surface area (Å²) in [4.78, 5) is 20.3. The molecule has 2 aliphatic heterocycles. The minimum absolute atomic E-state index is 0. The molecule has 1 N–H and O–H groups in total. The van der Waals surface area contributed by atoms with Gasteiger partial charge in [0.05, 0.1) is 21.8 Å². The quantitative estimate of drug-likeness (QED) is 0.350. The number of halogens is 5. The number of piperidine rings is 1. The van der Waals surface area contributed by atoms with Gasteiger partial charge >= 0.3 is 6.36 Å². The molecule has 4 heterocycles. The molecular formula is C26H29Cl2F3N4O2S. The number of carbonyl (C=O) groups is 1. The first-order chi connectivity index (χ1) is 17.3. The number of amides is 1. The molecule has 12 heteroatoms. The highest BCUT2D eigenvalue weighted by Gasteiger charge is 2.31. The third-order valence-electron chi connectivity index (χ3n) is 6.59. The summed E-state index contributed by atoms with van der Waals surface area (Å²) in [5, 5.41) is 4.11. The van der Waals surface area contributed by atoms with Gasteiger partial charge in [-0.3, -0.25) is 9.20 Å².